The lowest BCUT2D eigenvalue weighted by molar-refractivity contribution is 0.0996. The number of carbonyl (C=O) groups excluding carboxylic acids is 2. The number of amides is 3. The van der Waals surface area contributed by atoms with Gasteiger partial charge in [0, 0.05) is 31.0 Å². The van der Waals surface area contributed by atoms with Gasteiger partial charge in [-0.3, -0.25) is 9.69 Å². The summed E-state index contributed by atoms with van der Waals surface area (Å²) in [7, 11) is 0. The molecule has 0 unspecified atom stereocenters. The SMILES string of the molecule is O=C(Nc1cccc(N2CCCN(Cc3ccc(F)cc3)C2=O)c1)c1ccco1. The van der Waals surface area contributed by atoms with Gasteiger partial charge in [-0.25, -0.2) is 9.18 Å². The topological polar surface area (TPSA) is 65.8 Å². The zero-order chi connectivity index (χ0) is 20.2. The summed E-state index contributed by atoms with van der Waals surface area (Å²) in [4.78, 5) is 28.6. The van der Waals surface area contributed by atoms with Crippen molar-refractivity contribution in [2.45, 2.75) is 13.0 Å². The van der Waals surface area contributed by atoms with Crippen molar-refractivity contribution in [1.82, 2.24) is 4.90 Å². The van der Waals surface area contributed by atoms with Crippen LogP contribution in [-0.4, -0.2) is 29.9 Å². The molecule has 148 valence electrons. The van der Waals surface area contributed by atoms with E-state index in [1.54, 1.807) is 52.3 Å². The van der Waals surface area contributed by atoms with E-state index in [4.69, 9.17) is 4.42 Å². The van der Waals surface area contributed by atoms with E-state index in [1.165, 1.54) is 18.4 Å². The molecule has 4 rings (SSSR count). The molecule has 6 nitrogen and oxygen atoms in total. The molecule has 2 heterocycles. The van der Waals surface area contributed by atoms with E-state index in [0.717, 1.165) is 12.0 Å². The molecule has 3 amide bonds. The summed E-state index contributed by atoms with van der Waals surface area (Å²) < 4.78 is 18.2. The molecule has 1 aliphatic rings. The minimum absolute atomic E-state index is 0.116. The molecular formula is C22H20FN3O3. The van der Waals surface area contributed by atoms with E-state index in [0.29, 0.717) is 31.0 Å². The number of hydrogen-bond donors (Lipinski definition) is 1. The van der Waals surface area contributed by atoms with E-state index < -0.39 is 0 Å². The molecule has 0 saturated carbocycles. The fourth-order valence-corrected chi connectivity index (χ4v) is 3.33. The molecule has 0 aliphatic carbocycles. The quantitative estimate of drug-likeness (QED) is 0.694. The van der Waals surface area contributed by atoms with E-state index in [1.807, 2.05) is 6.07 Å². The van der Waals surface area contributed by atoms with Gasteiger partial charge in [-0.15, -0.1) is 0 Å². The third kappa shape index (κ3) is 4.29. The molecule has 1 fully saturated rings. The van der Waals surface area contributed by atoms with E-state index in [-0.39, 0.29) is 23.5 Å². The van der Waals surface area contributed by atoms with Crippen LogP contribution in [0.5, 0.6) is 0 Å². The van der Waals surface area contributed by atoms with Crippen LogP contribution in [0.4, 0.5) is 20.6 Å². The Morgan fingerprint density at radius 3 is 2.66 bits per heavy atom. The van der Waals surface area contributed by atoms with Crippen LogP contribution < -0.4 is 10.2 Å². The molecule has 1 aliphatic heterocycles. The number of halogens is 1. The standard InChI is InChI=1S/C22H20FN3O3/c23-17-9-7-16(8-10-17)15-25-11-3-12-26(22(25)28)19-5-1-4-18(14-19)24-21(27)20-6-2-13-29-20/h1-2,4-10,13-14H,3,11-12,15H2,(H,24,27). The van der Waals surface area contributed by atoms with Crippen molar-refractivity contribution < 1.29 is 18.4 Å². The van der Waals surface area contributed by atoms with Crippen molar-refractivity contribution in [3.63, 3.8) is 0 Å². The minimum Gasteiger partial charge on any atom is -0.459 e. The smallest absolute Gasteiger partial charge is 0.324 e. The Bertz CT molecular complexity index is 1000. The van der Waals surface area contributed by atoms with Crippen molar-refractivity contribution in [3.05, 3.63) is 84.1 Å². The number of nitrogens with one attached hydrogen (secondary N) is 1. The zero-order valence-corrected chi connectivity index (χ0v) is 15.7. The maximum atomic E-state index is 13.1. The number of urea groups is 1. The predicted molar refractivity (Wildman–Crippen MR) is 107 cm³/mol. The van der Waals surface area contributed by atoms with Gasteiger partial charge in [0.2, 0.25) is 0 Å². The summed E-state index contributed by atoms with van der Waals surface area (Å²) in [5, 5.41) is 2.78. The molecule has 29 heavy (non-hydrogen) atoms. The van der Waals surface area contributed by atoms with Crippen LogP contribution in [0, 0.1) is 5.82 Å². The van der Waals surface area contributed by atoms with Gasteiger partial charge in [-0.1, -0.05) is 18.2 Å². The van der Waals surface area contributed by atoms with Gasteiger partial charge in [-0.2, -0.15) is 0 Å². The normalized spacial score (nSPS) is 14.2. The number of nitrogens with zero attached hydrogens (tertiary/aromatic N) is 2. The fourth-order valence-electron chi connectivity index (χ4n) is 3.33. The van der Waals surface area contributed by atoms with Crippen molar-refractivity contribution in [1.29, 1.82) is 0 Å². The zero-order valence-electron chi connectivity index (χ0n) is 15.7. The second-order valence-corrected chi connectivity index (χ2v) is 6.82. The van der Waals surface area contributed by atoms with Gasteiger partial charge in [0.15, 0.2) is 5.76 Å². The average Bonchev–Trinajstić information content (AvgIpc) is 3.26. The van der Waals surface area contributed by atoms with Gasteiger partial charge < -0.3 is 14.6 Å². The Morgan fingerprint density at radius 1 is 1.07 bits per heavy atom. The van der Waals surface area contributed by atoms with Crippen LogP contribution in [0.3, 0.4) is 0 Å². The van der Waals surface area contributed by atoms with Crippen LogP contribution >= 0.6 is 0 Å². The lowest BCUT2D eigenvalue weighted by atomic mass is 10.1. The van der Waals surface area contributed by atoms with Crippen molar-refractivity contribution in [2.24, 2.45) is 0 Å². The number of carbonyl (C=O) groups is 2. The predicted octanol–water partition coefficient (Wildman–Crippen LogP) is 4.50. The Balaban J connectivity index is 1.48. The molecule has 1 N–H and O–H groups in total. The highest BCUT2D eigenvalue weighted by atomic mass is 19.1. The first-order chi connectivity index (χ1) is 14.1. The molecule has 0 spiro atoms. The summed E-state index contributed by atoms with van der Waals surface area (Å²) in [6.45, 7) is 1.65. The van der Waals surface area contributed by atoms with Gasteiger partial charge in [0.25, 0.3) is 5.91 Å². The third-order valence-corrected chi connectivity index (χ3v) is 4.76. The van der Waals surface area contributed by atoms with Crippen LogP contribution in [0.25, 0.3) is 0 Å². The summed E-state index contributed by atoms with van der Waals surface area (Å²) in [6.07, 6.45) is 2.25. The molecule has 0 bridgehead atoms. The first-order valence-electron chi connectivity index (χ1n) is 9.36. The van der Waals surface area contributed by atoms with Crippen LogP contribution in [0.1, 0.15) is 22.5 Å². The molecule has 0 radical (unpaired) electrons. The number of furan rings is 1. The first-order valence-corrected chi connectivity index (χ1v) is 9.36. The fraction of sp³-hybridized carbons (Fsp3) is 0.182. The van der Waals surface area contributed by atoms with Gasteiger partial charge in [0.1, 0.15) is 5.82 Å². The van der Waals surface area contributed by atoms with E-state index >= 15 is 0 Å². The van der Waals surface area contributed by atoms with Crippen LogP contribution in [-0.2, 0) is 6.54 Å². The van der Waals surface area contributed by atoms with Crippen LogP contribution in [0.2, 0.25) is 0 Å². The number of anilines is 2. The summed E-state index contributed by atoms with van der Waals surface area (Å²) >= 11 is 0. The lowest BCUT2D eigenvalue weighted by Gasteiger charge is -2.35. The Kier molecular flexibility index (Phi) is 5.29. The number of hydrogen-bond acceptors (Lipinski definition) is 3. The van der Waals surface area contributed by atoms with Crippen molar-refractivity contribution in [2.75, 3.05) is 23.3 Å². The second-order valence-electron chi connectivity index (χ2n) is 6.82. The second kappa shape index (κ2) is 8.18. The Hall–Kier alpha value is -3.61. The Labute approximate surface area is 167 Å². The highest BCUT2D eigenvalue weighted by Gasteiger charge is 2.27. The maximum Gasteiger partial charge on any atom is 0.324 e. The maximum absolute atomic E-state index is 13.1. The summed E-state index contributed by atoms with van der Waals surface area (Å²) in [5.74, 6) is -0.432. The highest BCUT2D eigenvalue weighted by Crippen LogP contribution is 2.25. The molecule has 3 aromatic rings. The molecule has 1 saturated heterocycles. The molecule has 1 aromatic heterocycles. The monoisotopic (exact) mass is 393 g/mol. The molecule has 0 atom stereocenters. The number of rotatable bonds is 5. The summed E-state index contributed by atoms with van der Waals surface area (Å²) in [5.41, 5.74) is 2.16. The van der Waals surface area contributed by atoms with Crippen molar-refractivity contribution in [3.8, 4) is 0 Å². The highest BCUT2D eigenvalue weighted by molar-refractivity contribution is 6.02. The molecular weight excluding hydrogens is 373 g/mol. The largest absolute Gasteiger partial charge is 0.459 e. The Morgan fingerprint density at radius 2 is 1.90 bits per heavy atom. The van der Waals surface area contributed by atoms with Gasteiger partial charge >= 0.3 is 6.03 Å². The molecule has 2 aromatic carbocycles. The van der Waals surface area contributed by atoms with E-state index in [2.05, 4.69) is 5.32 Å². The summed E-state index contributed by atoms with van der Waals surface area (Å²) in [6, 6.07) is 16.4. The minimum atomic E-state index is -0.352. The van der Waals surface area contributed by atoms with Gasteiger partial charge in [0.05, 0.1) is 6.26 Å². The van der Waals surface area contributed by atoms with Crippen LogP contribution in [0.15, 0.2) is 71.3 Å². The lowest BCUT2D eigenvalue weighted by Crippen LogP contribution is -2.49. The molecule has 7 heteroatoms. The van der Waals surface area contributed by atoms with Gasteiger partial charge in [-0.05, 0) is 54.4 Å². The number of benzene rings is 2. The average molecular weight is 393 g/mol. The van der Waals surface area contributed by atoms with E-state index in [9.17, 15) is 14.0 Å². The third-order valence-electron chi connectivity index (χ3n) is 4.76. The van der Waals surface area contributed by atoms with Crippen molar-refractivity contribution >= 4 is 23.3 Å². The first kappa shape index (κ1) is 18.7.